The minimum atomic E-state index is -0.254. The Balaban J connectivity index is 1.84. The van der Waals surface area contributed by atoms with E-state index in [0.717, 1.165) is 19.4 Å². The first-order chi connectivity index (χ1) is 12.3. The van der Waals surface area contributed by atoms with Gasteiger partial charge in [-0.05, 0) is 44.9 Å². The maximum atomic E-state index is 12.7. The van der Waals surface area contributed by atoms with Crippen LogP contribution >= 0.6 is 0 Å². The van der Waals surface area contributed by atoms with Gasteiger partial charge < -0.3 is 20.9 Å². The Kier molecular flexibility index (Phi) is 7.29. The molecular weight excluding hydrogens is 332 g/mol. The van der Waals surface area contributed by atoms with Gasteiger partial charge in [-0.3, -0.25) is 9.59 Å². The van der Waals surface area contributed by atoms with Crippen molar-refractivity contribution < 1.29 is 14.4 Å². The highest BCUT2D eigenvalue weighted by atomic mass is 16.2. The molecule has 0 saturated carbocycles. The Bertz CT molecular complexity index is 515. The zero-order chi connectivity index (χ0) is 19.3. The second-order valence-electron chi connectivity index (χ2n) is 8.03. The van der Waals surface area contributed by atoms with Crippen molar-refractivity contribution >= 4 is 17.8 Å². The first-order valence-corrected chi connectivity index (χ1v) is 9.94. The predicted octanol–water partition coefficient (Wildman–Crippen LogP) is 1.57. The van der Waals surface area contributed by atoms with Crippen LogP contribution in [0.3, 0.4) is 0 Å². The number of carbonyl (C=O) groups is 3. The Morgan fingerprint density at radius 3 is 2.19 bits per heavy atom. The molecule has 26 heavy (non-hydrogen) atoms. The summed E-state index contributed by atoms with van der Waals surface area (Å²) in [7, 11) is 0. The molecule has 2 saturated heterocycles. The third kappa shape index (κ3) is 5.35. The van der Waals surface area contributed by atoms with E-state index in [1.54, 1.807) is 0 Å². The van der Waals surface area contributed by atoms with Gasteiger partial charge in [0.05, 0.1) is 0 Å². The number of urea groups is 1. The van der Waals surface area contributed by atoms with Crippen molar-refractivity contribution in [3.8, 4) is 0 Å². The summed E-state index contributed by atoms with van der Waals surface area (Å²) in [5, 5.41) is 2.95. The molecule has 2 atom stereocenters. The van der Waals surface area contributed by atoms with E-state index in [2.05, 4.69) is 12.2 Å². The summed E-state index contributed by atoms with van der Waals surface area (Å²) >= 11 is 0. The standard InChI is InChI=1S/C19H34N4O3/c1-4-14-12-23(19(26)21-13(2)3)10-7-16(14)11-17(24)22-8-5-15(6-9-22)18(20)25/h13-16H,4-12H2,1-3H3,(H2,20,25)(H,21,26). The molecule has 0 bridgehead atoms. The maximum Gasteiger partial charge on any atom is 0.317 e. The molecule has 2 heterocycles. The summed E-state index contributed by atoms with van der Waals surface area (Å²) in [5.41, 5.74) is 5.36. The van der Waals surface area contributed by atoms with Crippen molar-refractivity contribution in [3.63, 3.8) is 0 Å². The number of primary amides is 1. The summed E-state index contributed by atoms with van der Waals surface area (Å²) in [6, 6.07) is 0.127. The molecular formula is C19H34N4O3. The lowest BCUT2D eigenvalue weighted by molar-refractivity contribution is -0.136. The number of carbonyl (C=O) groups excluding carboxylic acids is 3. The van der Waals surface area contributed by atoms with Crippen LogP contribution in [0.2, 0.25) is 0 Å². The molecule has 2 aliphatic rings. The maximum absolute atomic E-state index is 12.7. The highest BCUT2D eigenvalue weighted by molar-refractivity contribution is 5.79. The van der Waals surface area contributed by atoms with E-state index in [-0.39, 0.29) is 29.8 Å². The minimum absolute atomic E-state index is 0.00301. The lowest BCUT2D eigenvalue weighted by Crippen LogP contribution is -2.50. The number of nitrogens with two attached hydrogens (primary N) is 1. The SMILES string of the molecule is CCC1CN(C(=O)NC(C)C)CCC1CC(=O)N1CCC(C(N)=O)CC1. The molecule has 2 aliphatic heterocycles. The van der Waals surface area contributed by atoms with Crippen LogP contribution in [0, 0.1) is 17.8 Å². The number of piperidine rings is 2. The van der Waals surface area contributed by atoms with Crippen molar-refractivity contribution in [1.82, 2.24) is 15.1 Å². The first kappa shape index (κ1) is 20.5. The summed E-state index contributed by atoms with van der Waals surface area (Å²) in [6.07, 6.45) is 3.72. The average molecular weight is 367 g/mol. The zero-order valence-electron chi connectivity index (χ0n) is 16.4. The highest BCUT2D eigenvalue weighted by Gasteiger charge is 2.34. The Labute approximate surface area is 156 Å². The monoisotopic (exact) mass is 366 g/mol. The highest BCUT2D eigenvalue weighted by Crippen LogP contribution is 2.30. The molecule has 2 rings (SSSR count). The molecule has 148 valence electrons. The van der Waals surface area contributed by atoms with Crippen LogP contribution in [0.5, 0.6) is 0 Å². The van der Waals surface area contributed by atoms with Crippen molar-refractivity contribution in [3.05, 3.63) is 0 Å². The van der Waals surface area contributed by atoms with Gasteiger partial charge in [-0.15, -0.1) is 0 Å². The van der Waals surface area contributed by atoms with Crippen LogP contribution in [0.25, 0.3) is 0 Å². The van der Waals surface area contributed by atoms with E-state index in [1.807, 2.05) is 23.6 Å². The number of nitrogens with zero attached hydrogens (tertiary/aromatic N) is 2. The van der Waals surface area contributed by atoms with Crippen LogP contribution in [0.1, 0.15) is 52.9 Å². The van der Waals surface area contributed by atoms with Crippen LogP contribution in [-0.2, 0) is 9.59 Å². The molecule has 2 fully saturated rings. The lowest BCUT2D eigenvalue weighted by atomic mass is 9.81. The van der Waals surface area contributed by atoms with Gasteiger partial charge in [0.15, 0.2) is 0 Å². The van der Waals surface area contributed by atoms with E-state index < -0.39 is 0 Å². The average Bonchev–Trinajstić information content (AvgIpc) is 2.61. The van der Waals surface area contributed by atoms with E-state index in [0.29, 0.717) is 50.7 Å². The van der Waals surface area contributed by atoms with Crippen LogP contribution in [-0.4, -0.2) is 59.9 Å². The van der Waals surface area contributed by atoms with Crippen molar-refractivity contribution in [2.45, 2.75) is 58.9 Å². The Morgan fingerprint density at radius 1 is 1.04 bits per heavy atom. The van der Waals surface area contributed by atoms with Crippen molar-refractivity contribution in [2.24, 2.45) is 23.5 Å². The summed E-state index contributed by atoms with van der Waals surface area (Å²) < 4.78 is 0. The topological polar surface area (TPSA) is 95.7 Å². The smallest absolute Gasteiger partial charge is 0.317 e. The molecule has 7 heteroatoms. The second kappa shape index (κ2) is 9.24. The largest absolute Gasteiger partial charge is 0.369 e. The number of nitrogens with one attached hydrogen (secondary N) is 1. The van der Waals surface area contributed by atoms with Gasteiger partial charge in [0, 0.05) is 44.6 Å². The molecule has 3 N–H and O–H groups in total. The van der Waals surface area contributed by atoms with Gasteiger partial charge in [0.2, 0.25) is 11.8 Å². The molecule has 7 nitrogen and oxygen atoms in total. The Hall–Kier alpha value is -1.79. The van der Waals surface area contributed by atoms with E-state index in [1.165, 1.54) is 0 Å². The zero-order valence-corrected chi connectivity index (χ0v) is 16.4. The van der Waals surface area contributed by atoms with E-state index in [9.17, 15) is 14.4 Å². The van der Waals surface area contributed by atoms with Gasteiger partial charge in [0.1, 0.15) is 0 Å². The molecule has 2 unspecified atom stereocenters. The number of hydrogen-bond acceptors (Lipinski definition) is 3. The fraction of sp³-hybridized carbons (Fsp3) is 0.842. The molecule has 0 aliphatic carbocycles. The number of amides is 4. The third-order valence-electron chi connectivity index (χ3n) is 5.80. The molecule has 0 aromatic heterocycles. The predicted molar refractivity (Wildman–Crippen MR) is 100 cm³/mol. The summed E-state index contributed by atoms with van der Waals surface area (Å²) in [4.78, 5) is 39.9. The fourth-order valence-corrected chi connectivity index (χ4v) is 4.10. The Morgan fingerprint density at radius 2 is 1.65 bits per heavy atom. The minimum Gasteiger partial charge on any atom is -0.369 e. The van der Waals surface area contributed by atoms with E-state index >= 15 is 0 Å². The fourth-order valence-electron chi connectivity index (χ4n) is 4.10. The van der Waals surface area contributed by atoms with Gasteiger partial charge in [0.25, 0.3) is 0 Å². The van der Waals surface area contributed by atoms with Gasteiger partial charge in [-0.1, -0.05) is 13.3 Å². The normalized spacial score (nSPS) is 24.6. The quantitative estimate of drug-likeness (QED) is 0.773. The molecule has 0 radical (unpaired) electrons. The molecule has 0 aromatic rings. The second-order valence-corrected chi connectivity index (χ2v) is 8.03. The lowest BCUT2D eigenvalue weighted by Gasteiger charge is -2.39. The van der Waals surface area contributed by atoms with Gasteiger partial charge in [-0.2, -0.15) is 0 Å². The summed E-state index contributed by atoms with van der Waals surface area (Å²) in [5.74, 6) is 0.509. The van der Waals surface area contributed by atoms with Crippen LogP contribution in [0.15, 0.2) is 0 Å². The van der Waals surface area contributed by atoms with Gasteiger partial charge in [-0.25, -0.2) is 4.79 Å². The van der Waals surface area contributed by atoms with Crippen LogP contribution < -0.4 is 11.1 Å². The third-order valence-corrected chi connectivity index (χ3v) is 5.80. The van der Waals surface area contributed by atoms with Crippen molar-refractivity contribution in [2.75, 3.05) is 26.2 Å². The number of hydrogen-bond donors (Lipinski definition) is 2. The first-order valence-electron chi connectivity index (χ1n) is 9.94. The number of likely N-dealkylation sites (tertiary alicyclic amines) is 2. The van der Waals surface area contributed by atoms with Crippen LogP contribution in [0.4, 0.5) is 4.79 Å². The summed E-state index contributed by atoms with van der Waals surface area (Å²) in [6.45, 7) is 8.72. The molecule has 0 spiro atoms. The molecule has 0 aromatic carbocycles. The van der Waals surface area contributed by atoms with E-state index in [4.69, 9.17) is 5.73 Å². The van der Waals surface area contributed by atoms with Gasteiger partial charge >= 0.3 is 6.03 Å². The van der Waals surface area contributed by atoms with Crippen molar-refractivity contribution in [1.29, 1.82) is 0 Å². The molecule has 4 amide bonds. The number of rotatable bonds is 5.